The fourth-order valence-corrected chi connectivity index (χ4v) is 2.50. The Bertz CT molecular complexity index is 655. The van der Waals surface area contributed by atoms with E-state index in [1.807, 2.05) is 20.8 Å². The zero-order valence-electron chi connectivity index (χ0n) is 14.8. The van der Waals surface area contributed by atoms with Crippen molar-refractivity contribution in [3.63, 3.8) is 0 Å². The maximum absolute atomic E-state index is 11.7. The monoisotopic (exact) mass is 350 g/mol. The summed E-state index contributed by atoms with van der Waals surface area (Å²) in [6, 6.07) is 2.61. The number of carbonyl (C=O) groups excluding carboxylic acids is 2. The van der Waals surface area contributed by atoms with Gasteiger partial charge in [-0.1, -0.05) is 0 Å². The molecular formula is C17H26N4O4. The van der Waals surface area contributed by atoms with Crippen molar-refractivity contribution in [1.82, 2.24) is 5.32 Å². The molecule has 3 amide bonds. The van der Waals surface area contributed by atoms with Gasteiger partial charge in [-0.05, 0) is 39.3 Å². The first kappa shape index (κ1) is 19.0. The molecule has 138 valence electrons. The van der Waals surface area contributed by atoms with E-state index in [0.29, 0.717) is 36.5 Å². The molecule has 8 heteroatoms. The van der Waals surface area contributed by atoms with Crippen molar-refractivity contribution in [3.8, 4) is 5.75 Å². The number of nitrogens with two attached hydrogens (primary N) is 1. The number of benzene rings is 1. The molecule has 0 radical (unpaired) electrons. The Labute approximate surface area is 147 Å². The number of β-amino-alcohol motifs (C(OH)–C–C–N with tert-alkyl or cyclic N) is 1. The van der Waals surface area contributed by atoms with Gasteiger partial charge in [0.05, 0.1) is 11.4 Å². The summed E-state index contributed by atoms with van der Waals surface area (Å²) in [5, 5.41) is 18.5. The number of nitrogens with one attached hydrogen (secondary N) is 3. The third-order valence-corrected chi connectivity index (χ3v) is 3.69. The highest BCUT2D eigenvalue weighted by molar-refractivity contribution is 6.02. The van der Waals surface area contributed by atoms with Crippen LogP contribution in [-0.2, 0) is 11.2 Å². The first-order valence-electron chi connectivity index (χ1n) is 8.24. The van der Waals surface area contributed by atoms with E-state index in [4.69, 9.17) is 10.5 Å². The maximum Gasteiger partial charge on any atom is 0.316 e. The van der Waals surface area contributed by atoms with Crippen molar-refractivity contribution in [1.29, 1.82) is 0 Å². The van der Waals surface area contributed by atoms with Crippen LogP contribution in [0.2, 0.25) is 0 Å². The molecular weight excluding hydrogens is 324 g/mol. The molecule has 1 atom stereocenters. The molecule has 0 spiro atoms. The van der Waals surface area contributed by atoms with E-state index < -0.39 is 12.1 Å². The van der Waals surface area contributed by atoms with Crippen LogP contribution in [0.5, 0.6) is 5.75 Å². The van der Waals surface area contributed by atoms with Gasteiger partial charge in [0, 0.05) is 24.1 Å². The van der Waals surface area contributed by atoms with E-state index in [0.717, 1.165) is 5.56 Å². The SMILES string of the molecule is CC(C)(C)NCC(O)COc1ccc(NC(N)=O)c2c1CCC(=O)N2. The van der Waals surface area contributed by atoms with Crippen LogP contribution in [0, 0.1) is 0 Å². The number of carbonyl (C=O) groups is 2. The van der Waals surface area contributed by atoms with Crippen LogP contribution in [-0.4, -0.2) is 41.8 Å². The van der Waals surface area contributed by atoms with Gasteiger partial charge in [0.15, 0.2) is 0 Å². The zero-order chi connectivity index (χ0) is 18.6. The Balaban J connectivity index is 2.10. The van der Waals surface area contributed by atoms with E-state index in [-0.39, 0.29) is 18.1 Å². The van der Waals surface area contributed by atoms with Crippen LogP contribution in [0.25, 0.3) is 0 Å². The summed E-state index contributed by atoms with van der Waals surface area (Å²) in [6.45, 7) is 6.58. The van der Waals surface area contributed by atoms with E-state index >= 15 is 0 Å². The fourth-order valence-electron chi connectivity index (χ4n) is 2.50. The van der Waals surface area contributed by atoms with E-state index in [2.05, 4.69) is 16.0 Å². The Hall–Kier alpha value is -2.32. The number of rotatable bonds is 6. The van der Waals surface area contributed by atoms with Crippen molar-refractivity contribution in [2.75, 3.05) is 23.8 Å². The molecule has 0 saturated heterocycles. The average Bonchev–Trinajstić information content (AvgIpc) is 2.51. The first-order valence-corrected chi connectivity index (χ1v) is 8.24. The van der Waals surface area contributed by atoms with Crippen LogP contribution < -0.4 is 26.4 Å². The smallest absolute Gasteiger partial charge is 0.316 e. The van der Waals surface area contributed by atoms with Gasteiger partial charge in [-0.15, -0.1) is 0 Å². The number of ether oxygens (including phenoxy) is 1. The lowest BCUT2D eigenvalue weighted by Gasteiger charge is -2.25. The van der Waals surface area contributed by atoms with Gasteiger partial charge in [-0.3, -0.25) is 4.79 Å². The second kappa shape index (κ2) is 7.71. The standard InChI is InChI=1S/C17H26N4O4/c1-17(2,3)19-8-10(22)9-25-13-6-5-12(20-16(18)24)15-11(13)4-7-14(23)21-15/h5-6,10,19,22H,4,7-9H2,1-3H3,(H,21,23)(H3,18,20,24). The van der Waals surface area contributed by atoms with Gasteiger partial charge in [-0.2, -0.15) is 0 Å². The van der Waals surface area contributed by atoms with Crippen molar-refractivity contribution in [3.05, 3.63) is 17.7 Å². The second-order valence-corrected chi connectivity index (χ2v) is 7.10. The number of primary amides is 1. The van der Waals surface area contributed by atoms with E-state index in [1.54, 1.807) is 12.1 Å². The van der Waals surface area contributed by atoms with Gasteiger partial charge < -0.3 is 31.5 Å². The van der Waals surface area contributed by atoms with Crippen molar-refractivity contribution >= 4 is 23.3 Å². The van der Waals surface area contributed by atoms with Crippen molar-refractivity contribution < 1.29 is 19.4 Å². The van der Waals surface area contributed by atoms with Gasteiger partial charge in [0.2, 0.25) is 5.91 Å². The van der Waals surface area contributed by atoms with Crippen LogP contribution in [0.4, 0.5) is 16.2 Å². The molecule has 0 fully saturated rings. The van der Waals surface area contributed by atoms with Crippen LogP contribution in [0.15, 0.2) is 12.1 Å². The summed E-state index contributed by atoms with van der Waals surface area (Å²) in [7, 11) is 0. The lowest BCUT2D eigenvalue weighted by Crippen LogP contribution is -2.42. The topological polar surface area (TPSA) is 126 Å². The molecule has 8 nitrogen and oxygen atoms in total. The fraction of sp³-hybridized carbons (Fsp3) is 0.529. The van der Waals surface area contributed by atoms with Crippen molar-refractivity contribution in [2.45, 2.75) is 45.3 Å². The number of amides is 3. The number of fused-ring (bicyclic) bond motifs is 1. The molecule has 1 unspecified atom stereocenters. The predicted molar refractivity (Wildman–Crippen MR) is 95.9 cm³/mol. The molecule has 1 aliphatic rings. The van der Waals surface area contributed by atoms with E-state index in [1.165, 1.54) is 0 Å². The minimum absolute atomic E-state index is 0.0908. The molecule has 2 rings (SSSR count). The van der Waals surface area contributed by atoms with Gasteiger partial charge in [0.1, 0.15) is 18.5 Å². The van der Waals surface area contributed by atoms with Crippen molar-refractivity contribution in [2.24, 2.45) is 5.73 Å². The summed E-state index contributed by atoms with van der Waals surface area (Å²) in [5.74, 6) is 0.436. The molecule has 1 aromatic rings. The normalized spacial score (nSPS) is 15.1. The highest BCUT2D eigenvalue weighted by Gasteiger charge is 2.23. The summed E-state index contributed by atoms with van der Waals surface area (Å²) < 4.78 is 5.74. The molecule has 25 heavy (non-hydrogen) atoms. The van der Waals surface area contributed by atoms with Gasteiger partial charge in [-0.25, -0.2) is 4.79 Å². The molecule has 1 aliphatic heterocycles. The number of aliphatic hydroxyl groups excluding tert-OH is 1. The number of anilines is 2. The second-order valence-electron chi connectivity index (χ2n) is 7.10. The first-order chi connectivity index (χ1) is 11.7. The summed E-state index contributed by atoms with van der Waals surface area (Å²) in [6.07, 6.45) is 0.148. The van der Waals surface area contributed by atoms with Crippen LogP contribution >= 0.6 is 0 Å². The Morgan fingerprint density at radius 2 is 2.12 bits per heavy atom. The van der Waals surface area contributed by atoms with Gasteiger partial charge in [0.25, 0.3) is 0 Å². The largest absolute Gasteiger partial charge is 0.490 e. The lowest BCUT2D eigenvalue weighted by atomic mass is 10.0. The molecule has 0 aliphatic carbocycles. The molecule has 0 saturated carbocycles. The van der Waals surface area contributed by atoms with Crippen LogP contribution in [0.1, 0.15) is 32.8 Å². The Morgan fingerprint density at radius 1 is 1.40 bits per heavy atom. The minimum atomic E-state index is -0.709. The molecule has 0 bridgehead atoms. The number of hydrogen-bond donors (Lipinski definition) is 5. The molecule has 1 aromatic carbocycles. The Morgan fingerprint density at radius 3 is 2.76 bits per heavy atom. The number of urea groups is 1. The maximum atomic E-state index is 11.7. The van der Waals surface area contributed by atoms with E-state index in [9.17, 15) is 14.7 Å². The Kier molecular flexibility index (Phi) is 5.86. The average molecular weight is 350 g/mol. The zero-order valence-corrected chi connectivity index (χ0v) is 14.8. The third kappa shape index (κ3) is 5.61. The highest BCUT2D eigenvalue weighted by Crippen LogP contribution is 2.37. The summed E-state index contributed by atoms with van der Waals surface area (Å²) in [4.78, 5) is 22.8. The molecule has 0 aromatic heterocycles. The van der Waals surface area contributed by atoms with Crippen LogP contribution in [0.3, 0.4) is 0 Å². The minimum Gasteiger partial charge on any atom is -0.490 e. The number of hydrogen-bond acceptors (Lipinski definition) is 5. The predicted octanol–water partition coefficient (Wildman–Crippen LogP) is 1.19. The summed E-state index contributed by atoms with van der Waals surface area (Å²) in [5.41, 5.74) is 6.78. The van der Waals surface area contributed by atoms with Gasteiger partial charge >= 0.3 is 6.03 Å². The molecule has 1 heterocycles. The quantitative estimate of drug-likeness (QED) is 0.527. The molecule has 6 N–H and O–H groups in total. The number of aliphatic hydroxyl groups is 1. The highest BCUT2D eigenvalue weighted by atomic mass is 16.5. The lowest BCUT2D eigenvalue weighted by molar-refractivity contribution is -0.116. The third-order valence-electron chi connectivity index (χ3n) is 3.69. The summed E-state index contributed by atoms with van der Waals surface area (Å²) >= 11 is 0.